The topological polar surface area (TPSA) is 102 Å². The zero-order chi connectivity index (χ0) is 14.0. The molecule has 2 unspecified atom stereocenters. The molecule has 3 N–H and O–H groups in total. The van der Waals surface area contributed by atoms with Gasteiger partial charge in [-0.2, -0.15) is 0 Å². The number of fused-ring (bicyclic) bond motifs is 1. The molecule has 0 spiro atoms. The first-order valence-corrected chi connectivity index (χ1v) is 6.24. The third kappa shape index (κ3) is 3.14. The van der Waals surface area contributed by atoms with Crippen LogP contribution in [0.5, 0.6) is 0 Å². The van der Waals surface area contributed by atoms with Gasteiger partial charge in [0, 0.05) is 39.6 Å². The molecule has 2 heterocycles. The Morgan fingerprint density at radius 2 is 2.26 bits per heavy atom. The average molecular weight is 270 g/mol. The zero-order valence-corrected chi connectivity index (χ0v) is 10.8. The van der Waals surface area contributed by atoms with Crippen molar-refractivity contribution in [3.63, 3.8) is 0 Å². The number of carboxylic acid groups (broad SMARTS) is 1. The molecule has 3 amide bonds. The van der Waals surface area contributed by atoms with Crippen LogP contribution in [0.1, 0.15) is 6.92 Å². The van der Waals surface area contributed by atoms with Crippen LogP contribution < -0.4 is 10.6 Å². The number of urea groups is 1. The fourth-order valence-corrected chi connectivity index (χ4v) is 2.52. The highest BCUT2D eigenvalue weighted by molar-refractivity contribution is 5.82. The lowest BCUT2D eigenvalue weighted by Crippen LogP contribution is -2.56. The van der Waals surface area contributed by atoms with Crippen molar-refractivity contribution in [1.82, 2.24) is 20.4 Å². The Balaban J connectivity index is 1.90. The largest absolute Gasteiger partial charge is 0.480 e. The standard InChI is InChI=1S/C11H18N4O4/c1-7(16)13-9(10(17)18)6-14-2-3-15-8(5-14)4-12-11(15)19/h8-9H,2-6H2,1H3,(H,12,19)(H,13,16)(H,17,18). The smallest absolute Gasteiger partial charge is 0.327 e. The lowest BCUT2D eigenvalue weighted by Gasteiger charge is -2.37. The number of amides is 3. The Morgan fingerprint density at radius 3 is 2.89 bits per heavy atom. The number of carboxylic acids is 1. The summed E-state index contributed by atoms with van der Waals surface area (Å²) < 4.78 is 0. The van der Waals surface area contributed by atoms with Crippen LogP contribution in [0, 0.1) is 0 Å². The summed E-state index contributed by atoms with van der Waals surface area (Å²) in [6, 6.07) is -0.872. The van der Waals surface area contributed by atoms with Gasteiger partial charge in [-0.15, -0.1) is 0 Å². The van der Waals surface area contributed by atoms with Gasteiger partial charge < -0.3 is 20.6 Å². The van der Waals surface area contributed by atoms with Crippen molar-refractivity contribution >= 4 is 17.9 Å². The molecule has 2 aliphatic rings. The van der Waals surface area contributed by atoms with Crippen LogP contribution in [0.2, 0.25) is 0 Å². The summed E-state index contributed by atoms with van der Waals surface area (Å²) in [5, 5.41) is 14.2. The molecule has 2 rings (SSSR count). The number of nitrogens with zero attached hydrogens (tertiary/aromatic N) is 2. The average Bonchev–Trinajstić information content (AvgIpc) is 2.69. The fraction of sp³-hybridized carbons (Fsp3) is 0.727. The molecule has 106 valence electrons. The van der Waals surface area contributed by atoms with Crippen LogP contribution in [-0.2, 0) is 9.59 Å². The molecule has 0 aliphatic carbocycles. The molecule has 0 aromatic carbocycles. The Kier molecular flexibility index (Phi) is 3.89. The Hall–Kier alpha value is -1.83. The van der Waals surface area contributed by atoms with Gasteiger partial charge in [-0.25, -0.2) is 9.59 Å². The van der Waals surface area contributed by atoms with Crippen molar-refractivity contribution < 1.29 is 19.5 Å². The van der Waals surface area contributed by atoms with Crippen LogP contribution in [0.4, 0.5) is 4.79 Å². The molecular formula is C11H18N4O4. The van der Waals surface area contributed by atoms with E-state index in [4.69, 9.17) is 5.11 Å². The molecule has 8 nitrogen and oxygen atoms in total. The molecule has 0 saturated carbocycles. The van der Waals surface area contributed by atoms with E-state index < -0.39 is 12.0 Å². The van der Waals surface area contributed by atoms with Gasteiger partial charge in [0.25, 0.3) is 0 Å². The summed E-state index contributed by atoms with van der Waals surface area (Å²) in [7, 11) is 0. The third-order valence-corrected chi connectivity index (χ3v) is 3.43. The zero-order valence-electron chi connectivity index (χ0n) is 10.8. The monoisotopic (exact) mass is 270 g/mol. The van der Waals surface area contributed by atoms with Crippen LogP contribution in [0.15, 0.2) is 0 Å². The van der Waals surface area contributed by atoms with Gasteiger partial charge in [0.05, 0.1) is 6.04 Å². The Bertz CT molecular complexity index is 400. The Labute approximate surface area is 110 Å². The first-order valence-electron chi connectivity index (χ1n) is 6.24. The summed E-state index contributed by atoms with van der Waals surface area (Å²) >= 11 is 0. The van der Waals surface area contributed by atoms with Crippen LogP contribution in [-0.4, -0.2) is 77.6 Å². The number of aliphatic carboxylic acids is 1. The van der Waals surface area contributed by atoms with Crippen LogP contribution in [0.25, 0.3) is 0 Å². The number of piperazine rings is 1. The summed E-state index contributed by atoms with van der Waals surface area (Å²) in [4.78, 5) is 37.2. The lowest BCUT2D eigenvalue weighted by atomic mass is 10.1. The van der Waals surface area contributed by atoms with Crippen molar-refractivity contribution in [2.75, 3.05) is 32.7 Å². The molecule has 8 heteroatoms. The summed E-state index contributed by atoms with van der Waals surface area (Å²) in [5.41, 5.74) is 0. The second kappa shape index (κ2) is 5.43. The fourth-order valence-electron chi connectivity index (χ4n) is 2.52. The predicted octanol–water partition coefficient (Wildman–Crippen LogP) is -1.71. The van der Waals surface area contributed by atoms with Gasteiger partial charge in [0.15, 0.2) is 0 Å². The number of carbonyl (C=O) groups excluding carboxylic acids is 2. The minimum atomic E-state index is -1.04. The minimum Gasteiger partial charge on any atom is -0.480 e. The van der Waals surface area contributed by atoms with Crippen molar-refractivity contribution in [3.05, 3.63) is 0 Å². The maximum Gasteiger partial charge on any atom is 0.327 e. The van der Waals surface area contributed by atoms with Crippen molar-refractivity contribution in [2.24, 2.45) is 0 Å². The second-order valence-electron chi connectivity index (χ2n) is 4.88. The summed E-state index contributed by atoms with van der Waals surface area (Å²) in [5.74, 6) is -1.40. The maximum atomic E-state index is 11.4. The van der Waals surface area contributed by atoms with Gasteiger partial charge in [0.2, 0.25) is 5.91 Å². The van der Waals surface area contributed by atoms with Crippen molar-refractivity contribution in [3.8, 4) is 0 Å². The molecule has 19 heavy (non-hydrogen) atoms. The first-order chi connectivity index (χ1) is 8.97. The number of nitrogens with one attached hydrogen (secondary N) is 2. The van der Waals surface area contributed by atoms with Crippen LogP contribution >= 0.6 is 0 Å². The first kappa shape index (κ1) is 13.6. The highest BCUT2D eigenvalue weighted by atomic mass is 16.4. The SMILES string of the molecule is CC(=O)NC(CN1CCN2C(=O)NCC2C1)C(=O)O. The highest BCUT2D eigenvalue weighted by Gasteiger charge is 2.36. The van der Waals surface area contributed by atoms with E-state index in [1.165, 1.54) is 6.92 Å². The molecule has 2 fully saturated rings. The molecule has 0 bridgehead atoms. The van der Waals surface area contributed by atoms with Gasteiger partial charge in [-0.3, -0.25) is 9.69 Å². The third-order valence-electron chi connectivity index (χ3n) is 3.43. The number of carbonyl (C=O) groups is 3. The van der Waals surface area contributed by atoms with E-state index in [9.17, 15) is 14.4 Å². The molecule has 0 aromatic heterocycles. The van der Waals surface area contributed by atoms with Crippen molar-refractivity contribution in [2.45, 2.75) is 19.0 Å². The molecule has 2 aliphatic heterocycles. The van der Waals surface area contributed by atoms with Crippen LogP contribution in [0.3, 0.4) is 0 Å². The minimum absolute atomic E-state index is 0.0544. The Morgan fingerprint density at radius 1 is 1.53 bits per heavy atom. The highest BCUT2D eigenvalue weighted by Crippen LogP contribution is 2.14. The molecule has 0 aromatic rings. The number of hydrogen-bond donors (Lipinski definition) is 3. The van der Waals surface area contributed by atoms with E-state index in [1.807, 2.05) is 4.90 Å². The van der Waals surface area contributed by atoms with E-state index in [0.717, 1.165) is 0 Å². The maximum absolute atomic E-state index is 11.4. The number of rotatable bonds is 4. The second-order valence-corrected chi connectivity index (χ2v) is 4.88. The van der Waals surface area contributed by atoms with E-state index in [0.29, 0.717) is 26.2 Å². The molecular weight excluding hydrogens is 252 g/mol. The van der Waals surface area contributed by atoms with Gasteiger partial charge >= 0.3 is 12.0 Å². The van der Waals surface area contributed by atoms with E-state index in [1.54, 1.807) is 4.90 Å². The van der Waals surface area contributed by atoms with Gasteiger partial charge in [-0.1, -0.05) is 0 Å². The van der Waals surface area contributed by atoms with Gasteiger partial charge in [0.1, 0.15) is 6.04 Å². The molecule has 0 radical (unpaired) electrons. The van der Waals surface area contributed by atoms with Crippen molar-refractivity contribution in [1.29, 1.82) is 0 Å². The van der Waals surface area contributed by atoms with E-state index in [-0.39, 0.29) is 24.5 Å². The quantitative estimate of drug-likeness (QED) is 0.564. The molecule has 2 atom stereocenters. The normalized spacial score (nSPS) is 24.6. The number of hydrogen-bond acceptors (Lipinski definition) is 4. The van der Waals surface area contributed by atoms with E-state index in [2.05, 4.69) is 10.6 Å². The predicted molar refractivity (Wildman–Crippen MR) is 65.6 cm³/mol. The van der Waals surface area contributed by atoms with Gasteiger partial charge in [-0.05, 0) is 0 Å². The summed E-state index contributed by atoms with van der Waals surface area (Å²) in [6.07, 6.45) is 0. The van der Waals surface area contributed by atoms with E-state index >= 15 is 0 Å². The summed E-state index contributed by atoms with van der Waals surface area (Å²) in [6.45, 7) is 3.98. The molecule has 2 saturated heterocycles. The lowest BCUT2D eigenvalue weighted by molar-refractivity contribution is -0.142.